The van der Waals surface area contributed by atoms with E-state index in [0.717, 1.165) is 0 Å². The lowest BCUT2D eigenvalue weighted by molar-refractivity contribution is -0.131. The average Bonchev–Trinajstić information content (AvgIpc) is 2.33. The van der Waals surface area contributed by atoms with Gasteiger partial charge in [0, 0.05) is 6.42 Å². The van der Waals surface area contributed by atoms with Gasteiger partial charge in [-0.3, -0.25) is 0 Å². The molecule has 0 atom stereocenters. The van der Waals surface area contributed by atoms with Gasteiger partial charge in [-0.1, -0.05) is 5.16 Å². The first kappa shape index (κ1) is 9.97. The van der Waals surface area contributed by atoms with E-state index < -0.39 is 18.5 Å². The van der Waals surface area contributed by atoms with Crippen LogP contribution >= 0.6 is 0 Å². The first-order valence-corrected chi connectivity index (χ1v) is 3.59. The van der Waals surface area contributed by atoms with Gasteiger partial charge in [-0.15, -0.1) is 0 Å². The molecular formula is C6H8F3N3O. The Morgan fingerprint density at radius 1 is 1.38 bits per heavy atom. The minimum absolute atomic E-state index is 0.210. The van der Waals surface area contributed by atoms with Crippen molar-refractivity contribution < 1.29 is 17.7 Å². The van der Waals surface area contributed by atoms with Gasteiger partial charge in [-0.05, 0) is 6.54 Å². The summed E-state index contributed by atoms with van der Waals surface area (Å²) in [6.45, 7) is 0.283. The summed E-state index contributed by atoms with van der Waals surface area (Å²) in [6, 6.07) is 0. The molecule has 0 unspecified atom stereocenters. The maximum atomic E-state index is 11.8. The number of aromatic nitrogens is 2. The molecule has 1 aromatic heterocycles. The van der Waals surface area contributed by atoms with Gasteiger partial charge in [-0.2, -0.15) is 18.2 Å². The molecule has 74 valence electrons. The van der Waals surface area contributed by atoms with Crippen LogP contribution in [0, 0.1) is 0 Å². The van der Waals surface area contributed by atoms with Gasteiger partial charge >= 0.3 is 6.18 Å². The molecule has 0 saturated heterocycles. The van der Waals surface area contributed by atoms with Crippen molar-refractivity contribution in [2.45, 2.75) is 19.0 Å². The summed E-state index contributed by atoms with van der Waals surface area (Å²) >= 11 is 0. The zero-order chi connectivity index (χ0) is 9.90. The van der Waals surface area contributed by atoms with Crippen LogP contribution in [0.3, 0.4) is 0 Å². The third-order valence-electron chi connectivity index (χ3n) is 1.23. The van der Waals surface area contributed by atoms with E-state index in [4.69, 9.17) is 5.73 Å². The Morgan fingerprint density at radius 3 is 2.62 bits per heavy atom. The highest BCUT2D eigenvalue weighted by Gasteiger charge is 2.31. The lowest BCUT2D eigenvalue weighted by atomic mass is 10.4. The van der Waals surface area contributed by atoms with Crippen LogP contribution in [-0.2, 0) is 12.8 Å². The number of hydrogen-bond acceptors (Lipinski definition) is 4. The number of hydrogen-bond donors (Lipinski definition) is 1. The van der Waals surface area contributed by atoms with E-state index in [2.05, 4.69) is 14.7 Å². The molecule has 0 amide bonds. The molecule has 0 aliphatic rings. The number of alkyl halides is 3. The normalized spacial score (nSPS) is 12.0. The highest BCUT2D eigenvalue weighted by atomic mass is 19.4. The van der Waals surface area contributed by atoms with Gasteiger partial charge in [0.25, 0.3) is 0 Å². The molecule has 0 fully saturated rings. The van der Waals surface area contributed by atoms with Crippen molar-refractivity contribution >= 4 is 0 Å². The molecule has 1 aromatic rings. The molecule has 0 radical (unpaired) electrons. The smallest absolute Gasteiger partial charge is 0.339 e. The Kier molecular flexibility index (Phi) is 2.86. The largest absolute Gasteiger partial charge is 0.397 e. The van der Waals surface area contributed by atoms with Crippen molar-refractivity contribution in [2.75, 3.05) is 6.54 Å². The van der Waals surface area contributed by atoms with E-state index in [-0.39, 0.29) is 12.4 Å². The molecule has 13 heavy (non-hydrogen) atoms. The predicted molar refractivity (Wildman–Crippen MR) is 36.8 cm³/mol. The maximum Gasteiger partial charge on any atom is 0.397 e. The Bertz CT molecular complexity index is 270. The minimum atomic E-state index is -4.31. The Hall–Kier alpha value is -1.11. The van der Waals surface area contributed by atoms with Crippen molar-refractivity contribution in [3.8, 4) is 0 Å². The van der Waals surface area contributed by atoms with Crippen LogP contribution in [-0.4, -0.2) is 22.9 Å². The number of nitrogens with zero attached hydrogens (tertiary/aromatic N) is 2. The van der Waals surface area contributed by atoms with Gasteiger partial charge in [0.15, 0.2) is 5.82 Å². The van der Waals surface area contributed by atoms with Crippen molar-refractivity contribution in [3.63, 3.8) is 0 Å². The van der Waals surface area contributed by atoms with E-state index in [1.165, 1.54) is 0 Å². The van der Waals surface area contributed by atoms with Gasteiger partial charge in [-0.25, -0.2) is 0 Å². The Balaban J connectivity index is 2.59. The summed E-state index contributed by atoms with van der Waals surface area (Å²) in [6.07, 6.45) is -5.18. The first-order chi connectivity index (χ1) is 6.01. The van der Waals surface area contributed by atoms with Crippen LogP contribution < -0.4 is 5.73 Å². The summed E-state index contributed by atoms with van der Waals surface area (Å²) in [7, 11) is 0. The second kappa shape index (κ2) is 3.73. The lowest BCUT2D eigenvalue weighted by Gasteiger charge is -1.99. The molecule has 4 nitrogen and oxygen atoms in total. The van der Waals surface area contributed by atoms with Crippen LogP contribution in [0.4, 0.5) is 13.2 Å². The summed E-state index contributed by atoms with van der Waals surface area (Å²) in [5.74, 6) is -0.210. The standard InChI is InChI=1S/C6H8F3N3O/c7-6(8,9)3-5-11-4(1-2-10)12-13-5/h1-3,10H2. The van der Waals surface area contributed by atoms with Crippen LogP contribution in [0.5, 0.6) is 0 Å². The monoisotopic (exact) mass is 195 g/mol. The third-order valence-corrected chi connectivity index (χ3v) is 1.23. The van der Waals surface area contributed by atoms with Crippen molar-refractivity contribution in [1.82, 2.24) is 10.1 Å². The van der Waals surface area contributed by atoms with E-state index in [9.17, 15) is 13.2 Å². The zero-order valence-corrected chi connectivity index (χ0v) is 6.64. The topological polar surface area (TPSA) is 64.9 Å². The number of nitrogens with two attached hydrogens (primary N) is 1. The summed E-state index contributed by atoms with van der Waals surface area (Å²) in [4.78, 5) is 3.51. The van der Waals surface area contributed by atoms with Crippen molar-refractivity contribution in [3.05, 3.63) is 11.7 Å². The molecule has 0 saturated carbocycles. The summed E-state index contributed by atoms with van der Waals surface area (Å²) in [5, 5.41) is 3.32. The predicted octanol–water partition coefficient (Wildman–Crippen LogP) is 0.676. The molecule has 0 bridgehead atoms. The van der Waals surface area contributed by atoms with Crippen LogP contribution in [0.25, 0.3) is 0 Å². The fraction of sp³-hybridized carbons (Fsp3) is 0.667. The molecule has 0 aliphatic heterocycles. The molecular weight excluding hydrogens is 187 g/mol. The molecule has 0 aromatic carbocycles. The highest BCUT2D eigenvalue weighted by Crippen LogP contribution is 2.19. The van der Waals surface area contributed by atoms with Gasteiger partial charge in [0.05, 0.1) is 0 Å². The molecule has 0 aliphatic carbocycles. The first-order valence-electron chi connectivity index (χ1n) is 3.59. The van der Waals surface area contributed by atoms with Crippen LogP contribution in [0.1, 0.15) is 11.7 Å². The Morgan fingerprint density at radius 2 is 2.08 bits per heavy atom. The summed E-state index contributed by atoms with van der Waals surface area (Å²) < 4.78 is 39.7. The third kappa shape index (κ3) is 3.41. The lowest BCUT2D eigenvalue weighted by Crippen LogP contribution is -2.12. The van der Waals surface area contributed by atoms with Gasteiger partial charge < -0.3 is 10.3 Å². The number of halogens is 3. The number of rotatable bonds is 3. The fourth-order valence-electron chi connectivity index (χ4n) is 0.764. The second-order valence-electron chi connectivity index (χ2n) is 2.43. The van der Waals surface area contributed by atoms with Crippen LogP contribution in [0.2, 0.25) is 0 Å². The van der Waals surface area contributed by atoms with Crippen LogP contribution in [0.15, 0.2) is 4.52 Å². The maximum absolute atomic E-state index is 11.8. The molecule has 0 spiro atoms. The molecule has 1 heterocycles. The van der Waals surface area contributed by atoms with Gasteiger partial charge in [0.2, 0.25) is 5.89 Å². The zero-order valence-electron chi connectivity index (χ0n) is 6.64. The van der Waals surface area contributed by atoms with E-state index in [0.29, 0.717) is 6.42 Å². The Labute approximate surface area is 71.9 Å². The van der Waals surface area contributed by atoms with E-state index >= 15 is 0 Å². The minimum Gasteiger partial charge on any atom is -0.339 e. The fourth-order valence-corrected chi connectivity index (χ4v) is 0.764. The van der Waals surface area contributed by atoms with E-state index in [1.807, 2.05) is 0 Å². The SMILES string of the molecule is NCCc1noc(CC(F)(F)F)n1. The molecule has 7 heteroatoms. The van der Waals surface area contributed by atoms with Crippen molar-refractivity contribution in [1.29, 1.82) is 0 Å². The molecule has 2 N–H and O–H groups in total. The quantitative estimate of drug-likeness (QED) is 0.770. The average molecular weight is 195 g/mol. The van der Waals surface area contributed by atoms with Gasteiger partial charge in [0.1, 0.15) is 6.42 Å². The van der Waals surface area contributed by atoms with E-state index in [1.54, 1.807) is 0 Å². The second-order valence-corrected chi connectivity index (χ2v) is 2.43. The molecule has 1 rings (SSSR count). The van der Waals surface area contributed by atoms with Crippen molar-refractivity contribution in [2.24, 2.45) is 5.73 Å². The summed E-state index contributed by atoms with van der Waals surface area (Å²) in [5.41, 5.74) is 5.15. The highest BCUT2D eigenvalue weighted by molar-refractivity contribution is 4.88.